The largest absolute Gasteiger partial charge is 0.240 e. The van der Waals surface area contributed by atoms with E-state index in [2.05, 4.69) is 36.3 Å². The number of thiazole rings is 1. The summed E-state index contributed by atoms with van der Waals surface area (Å²) in [5.74, 6) is 0. The van der Waals surface area contributed by atoms with E-state index in [0.29, 0.717) is 0 Å². The van der Waals surface area contributed by atoms with Crippen LogP contribution in [0.25, 0.3) is 9.88 Å². The zero-order chi connectivity index (χ0) is 8.55. The van der Waals surface area contributed by atoms with Gasteiger partial charge in [-0.25, -0.2) is 4.98 Å². The molecule has 0 amide bonds. The van der Waals surface area contributed by atoms with E-state index in [-0.39, 0.29) is 0 Å². The van der Waals surface area contributed by atoms with Gasteiger partial charge in [-0.1, -0.05) is 6.07 Å². The molecule has 62 valence electrons. The van der Waals surface area contributed by atoms with E-state index in [1.807, 2.05) is 0 Å². The van der Waals surface area contributed by atoms with E-state index in [9.17, 15) is 0 Å². The average molecular weight is 195 g/mol. The van der Waals surface area contributed by atoms with E-state index in [0.717, 1.165) is 10.7 Å². The summed E-state index contributed by atoms with van der Waals surface area (Å²) >= 11 is 3.52. The van der Waals surface area contributed by atoms with Crippen LogP contribution in [0.1, 0.15) is 10.6 Å². The van der Waals surface area contributed by atoms with Crippen molar-refractivity contribution < 1.29 is 0 Å². The Morgan fingerprint density at radius 1 is 1.33 bits per heavy atom. The minimum absolute atomic E-state index is 1.15. The molecule has 3 heteroatoms. The minimum atomic E-state index is 1.15. The van der Waals surface area contributed by atoms with Crippen LogP contribution in [0.5, 0.6) is 0 Å². The fourth-order valence-corrected chi connectivity index (χ4v) is 2.69. The predicted molar refractivity (Wildman–Crippen MR) is 54.9 cm³/mol. The molecule has 0 unspecified atom stereocenters. The van der Waals surface area contributed by atoms with Gasteiger partial charge in [-0.15, -0.1) is 22.7 Å². The van der Waals surface area contributed by atoms with Gasteiger partial charge >= 0.3 is 0 Å². The molecule has 0 aromatic carbocycles. The Kier molecular flexibility index (Phi) is 1.98. The van der Waals surface area contributed by atoms with Crippen LogP contribution in [-0.4, -0.2) is 4.98 Å². The molecule has 2 aromatic heterocycles. The molecule has 0 bridgehead atoms. The van der Waals surface area contributed by atoms with Gasteiger partial charge < -0.3 is 0 Å². The molecule has 0 N–H and O–H groups in total. The fourth-order valence-electron chi connectivity index (χ4n) is 0.978. The number of nitrogens with zero attached hydrogens (tertiary/aromatic N) is 1. The van der Waals surface area contributed by atoms with Gasteiger partial charge in [0.25, 0.3) is 0 Å². The van der Waals surface area contributed by atoms with E-state index >= 15 is 0 Å². The Bertz CT molecular complexity index is 354. The lowest BCUT2D eigenvalue weighted by Gasteiger charge is -1.84. The first-order chi connectivity index (χ1) is 5.77. The standard InChI is InChI=1S/C9H9NS2/c1-6-7(2)12-9(10-6)8-4-3-5-11-8/h3-5H,1-2H3. The lowest BCUT2D eigenvalue weighted by Crippen LogP contribution is -1.72. The van der Waals surface area contributed by atoms with Crippen LogP contribution in [-0.2, 0) is 0 Å². The van der Waals surface area contributed by atoms with Gasteiger partial charge in [0.05, 0.1) is 10.6 Å². The monoisotopic (exact) mass is 195 g/mol. The first-order valence-corrected chi connectivity index (χ1v) is 5.45. The van der Waals surface area contributed by atoms with Crippen LogP contribution in [0.15, 0.2) is 17.5 Å². The second-order valence-corrected chi connectivity index (χ2v) is 4.79. The van der Waals surface area contributed by atoms with Gasteiger partial charge in [0.2, 0.25) is 0 Å². The van der Waals surface area contributed by atoms with Crippen molar-refractivity contribution in [3.63, 3.8) is 0 Å². The molecule has 0 aliphatic carbocycles. The molecule has 0 spiro atoms. The highest BCUT2D eigenvalue weighted by atomic mass is 32.1. The van der Waals surface area contributed by atoms with E-state index in [1.165, 1.54) is 9.75 Å². The number of rotatable bonds is 1. The minimum Gasteiger partial charge on any atom is -0.240 e. The smallest absolute Gasteiger partial charge is 0.133 e. The second-order valence-electron chi connectivity index (χ2n) is 2.64. The van der Waals surface area contributed by atoms with Crippen molar-refractivity contribution in [1.29, 1.82) is 0 Å². The van der Waals surface area contributed by atoms with Crippen LogP contribution >= 0.6 is 22.7 Å². The molecular formula is C9H9NS2. The van der Waals surface area contributed by atoms with Gasteiger partial charge in [0.1, 0.15) is 5.01 Å². The molecule has 0 fully saturated rings. The summed E-state index contributed by atoms with van der Waals surface area (Å²) in [5.41, 5.74) is 1.16. The molecule has 0 atom stereocenters. The van der Waals surface area contributed by atoms with Crippen LogP contribution in [0.2, 0.25) is 0 Å². The van der Waals surface area contributed by atoms with Crippen molar-refractivity contribution in [2.45, 2.75) is 13.8 Å². The molecule has 0 saturated carbocycles. The van der Waals surface area contributed by atoms with Crippen molar-refractivity contribution in [1.82, 2.24) is 4.98 Å². The van der Waals surface area contributed by atoms with Crippen molar-refractivity contribution in [2.24, 2.45) is 0 Å². The number of thiophene rings is 1. The summed E-state index contributed by atoms with van der Waals surface area (Å²) in [4.78, 5) is 7.07. The molecule has 0 saturated heterocycles. The Morgan fingerprint density at radius 3 is 2.67 bits per heavy atom. The molecular weight excluding hydrogens is 186 g/mol. The van der Waals surface area contributed by atoms with Crippen molar-refractivity contribution in [2.75, 3.05) is 0 Å². The maximum absolute atomic E-state index is 4.48. The number of aryl methyl sites for hydroxylation is 2. The van der Waals surface area contributed by atoms with E-state index in [4.69, 9.17) is 0 Å². The van der Waals surface area contributed by atoms with E-state index < -0.39 is 0 Å². The lowest BCUT2D eigenvalue weighted by molar-refractivity contribution is 1.24. The molecule has 2 rings (SSSR count). The fraction of sp³-hybridized carbons (Fsp3) is 0.222. The Morgan fingerprint density at radius 2 is 2.17 bits per heavy atom. The van der Waals surface area contributed by atoms with Crippen LogP contribution < -0.4 is 0 Å². The van der Waals surface area contributed by atoms with Crippen molar-refractivity contribution in [3.05, 3.63) is 28.1 Å². The third-order valence-electron chi connectivity index (χ3n) is 1.76. The zero-order valence-corrected chi connectivity index (χ0v) is 8.63. The molecule has 0 radical (unpaired) electrons. The van der Waals surface area contributed by atoms with Gasteiger partial charge in [-0.05, 0) is 25.3 Å². The molecule has 12 heavy (non-hydrogen) atoms. The summed E-state index contributed by atoms with van der Waals surface area (Å²) in [6.45, 7) is 4.17. The highest BCUT2D eigenvalue weighted by molar-refractivity contribution is 7.21. The van der Waals surface area contributed by atoms with Gasteiger partial charge in [-0.2, -0.15) is 0 Å². The van der Waals surface area contributed by atoms with Crippen molar-refractivity contribution >= 4 is 22.7 Å². The summed E-state index contributed by atoms with van der Waals surface area (Å²) < 4.78 is 0. The number of aromatic nitrogens is 1. The van der Waals surface area contributed by atoms with Gasteiger partial charge in [-0.3, -0.25) is 0 Å². The lowest BCUT2D eigenvalue weighted by atomic mass is 10.4. The molecule has 2 heterocycles. The topological polar surface area (TPSA) is 12.9 Å². The van der Waals surface area contributed by atoms with Gasteiger partial charge in [0, 0.05) is 4.88 Å². The van der Waals surface area contributed by atoms with Crippen LogP contribution in [0.3, 0.4) is 0 Å². The Balaban J connectivity index is 2.48. The highest BCUT2D eigenvalue weighted by Gasteiger charge is 2.05. The van der Waals surface area contributed by atoms with E-state index in [1.54, 1.807) is 22.7 Å². The van der Waals surface area contributed by atoms with Crippen LogP contribution in [0.4, 0.5) is 0 Å². The molecule has 0 aliphatic rings. The predicted octanol–water partition coefficient (Wildman–Crippen LogP) is 3.49. The normalized spacial score (nSPS) is 10.5. The molecule has 0 aliphatic heterocycles. The summed E-state index contributed by atoms with van der Waals surface area (Å²) in [6.07, 6.45) is 0. The average Bonchev–Trinajstić information content (AvgIpc) is 2.61. The first kappa shape index (κ1) is 7.95. The summed E-state index contributed by atoms with van der Waals surface area (Å²) in [6, 6.07) is 4.18. The maximum atomic E-state index is 4.48. The quantitative estimate of drug-likeness (QED) is 0.678. The Labute approximate surface area is 79.7 Å². The molecule has 2 aromatic rings. The number of hydrogen-bond acceptors (Lipinski definition) is 3. The maximum Gasteiger partial charge on any atom is 0.133 e. The second kappa shape index (κ2) is 2.99. The van der Waals surface area contributed by atoms with Crippen LogP contribution in [0, 0.1) is 13.8 Å². The highest BCUT2D eigenvalue weighted by Crippen LogP contribution is 2.30. The third kappa shape index (κ3) is 1.30. The summed E-state index contributed by atoms with van der Waals surface area (Å²) in [5, 5.41) is 3.24. The van der Waals surface area contributed by atoms with Crippen molar-refractivity contribution in [3.8, 4) is 9.88 Å². The third-order valence-corrected chi connectivity index (χ3v) is 3.87. The number of hydrogen-bond donors (Lipinski definition) is 0. The summed E-state index contributed by atoms with van der Waals surface area (Å²) in [7, 11) is 0. The molecule has 1 nitrogen and oxygen atoms in total. The first-order valence-electron chi connectivity index (χ1n) is 3.75. The Hall–Kier alpha value is -0.670. The SMILES string of the molecule is Cc1nc(-c2cccs2)sc1C. The van der Waals surface area contributed by atoms with Gasteiger partial charge in [0.15, 0.2) is 0 Å². The zero-order valence-electron chi connectivity index (χ0n) is 7.00.